The van der Waals surface area contributed by atoms with Gasteiger partial charge in [-0.25, -0.2) is 10.4 Å². The fourth-order valence-corrected chi connectivity index (χ4v) is 2.95. The first kappa shape index (κ1) is 17.3. The van der Waals surface area contributed by atoms with E-state index in [9.17, 15) is 4.79 Å². The Morgan fingerprint density at radius 2 is 2.00 bits per heavy atom. The number of nitrogens with zero attached hydrogens (tertiary/aromatic N) is 4. The number of ether oxygens (including phenoxy) is 1. The van der Waals surface area contributed by atoms with E-state index in [-0.39, 0.29) is 11.7 Å². The summed E-state index contributed by atoms with van der Waals surface area (Å²) in [5, 5.41) is 12.6. The van der Waals surface area contributed by atoms with Crippen LogP contribution in [0.4, 0.5) is 0 Å². The largest absolute Gasteiger partial charge is 0.421 e. The summed E-state index contributed by atoms with van der Waals surface area (Å²) in [6.07, 6.45) is 2.18. The van der Waals surface area contributed by atoms with Crippen molar-refractivity contribution >= 4 is 23.4 Å². The molecule has 0 aromatic heterocycles. The van der Waals surface area contributed by atoms with E-state index in [0.29, 0.717) is 35.5 Å². The van der Waals surface area contributed by atoms with E-state index in [1.54, 1.807) is 31.1 Å². The Labute approximate surface area is 157 Å². The molecule has 0 spiro atoms. The summed E-state index contributed by atoms with van der Waals surface area (Å²) in [6.45, 7) is 0.507. The van der Waals surface area contributed by atoms with Crippen LogP contribution in [0.15, 0.2) is 45.9 Å². The lowest BCUT2D eigenvalue weighted by molar-refractivity contribution is 0.0827. The lowest BCUT2D eigenvalue weighted by atomic mass is 10.0. The Bertz CT molecular complexity index is 893. The molecule has 0 atom stereocenters. The van der Waals surface area contributed by atoms with Crippen molar-refractivity contribution in [1.82, 2.24) is 15.2 Å². The number of aliphatic imine (C=N–C) groups is 1. The van der Waals surface area contributed by atoms with Gasteiger partial charge in [0.15, 0.2) is 11.5 Å². The molecule has 1 aromatic rings. The number of hydrogen-bond acceptors (Lipinski definition) is 6. The molecule has 2 heterocycles. The zero-order valence-electron chi connectivity index (χ0n) is 15.6. The Hall–Kier alpha value is -3.16. The van der Waals surface area contributed by atoms with Gasteiger partial charge in [-0.15, -0.1) is 5.10 Å². The van der Waals surface area contributed by atoms with E-state index < -0.39 is 0 Å². The molecule has 1 aromatic carbocycles. The fraction of sp³-hybridized carbons (Fsp3) is 0.368. The highest BCUT2D eigenvalue weighted by molar-refractivity contribution is 6.12. The van der Waals surface area contributed by atoms with Crippen LogP contribution in [0, 0.1) is 11.3 Å². The third-order valence-corrected chi connectivity index (χ3v) is 4.73. The maximum atomic E-state index is 12.1. The van der Waals surface area contributed by atoms with Crippen LogP contribution < -0.4 is 5.43 Å². The number of rotatable bonds is 3. The van der Waals surface area contributed by atoms with E-state index in [0.717, 1.165) is 24.1 Å². The van der Waals surface area contributed by atoms with Gasteiger partial charge >= 0.3 is 0 Å². The fourth-order valence-electron chi connectivity index (χ4n) is 2.95. The average Bonchev–Trinajstić information content (AvgIpc) is 3.40. The van der Waals surface area contributed by atoms with Crippen molar-refractivity contribution < 1.29 is 9.53 Å². The minimum absolute atomic E-state index is 0.0397. The summed E-state index contributed by atoms with van der Waals surface area (Å²) in [7, 11) is 5.30. The van der Waals surface area contributed by atoms with E-state index in [2.05, 4.69) is 15.5 Å². The van der Waals surface area contributed by atoms with Gasteiger partial charge in [0.2, 0.25) is 11.8 Å². The van der Waals surface area contributed by atoms with Gasteiger partial charge in [0, 0.05) is 32.6 Å². The first-order valence-electron chi connectivity index (χ1n) is 8.89. The van der Waals surface area contributed by atoms with Crippen molar-refractivity contribution in [3.05, 3.63) is 47.0 Å². The van der Waals surface area contributed by atoms with Crippen molar-refractivity contribution in [2.45, 2.75) is 12.8 Å². The second kappa shape index (κ2) is 6.53. The Morgan fingerprint density at radius 1 is 1.30 bits per heavy atom. The molecule has 1 aliphatic carbocycles. The highest BCUT2D eigenvalue weighted by Crippen LogP contribution is 2.34. The standard InChI is InChI=1S/C19H22N6O2/c1-24(2)19(26)13-8-4-11(5-9-13)14-10-25(3)16(20)15(21-14)18-23-22-17(27-18)12-6-7-12/h4-5,8-9,12,20,23H,6-7,10H2,1-3H3. The summed E-state index contributed by atoms with van der Waals surface area (Å²) in [5.74, 6) is 1.72. The highest BCUT2D eigenvalue weighted by atomic mass is 16.5. The van der Waals surface area contributed by atoms with Crippen LogP contribution in [0.25, 0.3) is 0 Å². The molecule has 8 nitrogen and oxygen atoms in total. The minimum atomic E-state index is -0.0397. The van der Waals surface area contributed by atoms with Gasteiger partial charge in [-0.1, -0.05) is 12.1 Å². The van der Waals surface area contributed by atoms with Crippen LogP contribution in [-0.4, -0.2) is 60.8 Å². The molecule has 1 saturated carbocycles. The summed E-state index contributed by atoms with van der Waals surface area (Å²) < 4.78 is 5.80. The van der Waals surface area contributed by atoms with Crippen LogP contribution in [0.3, 0.4) is 0 Å². The number of amides is 1. The van der Waals surface area contributed by atoms with Crippen molar-refractivity contribution in [2.24, 2.45) is 16.0 Å². The molecule has 2 N–H and O–H groups in total. The van der Waals surface area contributed by atoms with Gasteiger partial charge in [-0.2, -0.15) is 0 Å². The molecule has 1 amide bonds. The molecule has 0 bridgehead atoms. The first-order valence-corrected chi connectivity index (χ1v) is 8.89. The molecule has 1 fully saturated rings. The number of amidine groups is 1. The SMILES string of the molecule is CN(C)C(=O)c1ccc(C2=NC(=C3NN=C(C4CC4)O3)C(=N)N(C)C2)cc1. The molecule has 0 unspecified atom stereocenters. The van der Waals surface area contributed by atoms with E-state index in [1.165, 1.54) is 0 Å². The summed E-state index contributed by atoms with van der Waals surface area (Å²) in [5.41, 5.74) is 5.66. The molecular formula is C19H22N6O2. The molecule has 140 valence electrons. The van der Waals surface area contributed by atoms with Crippen LogP contribution in [0.5, 0.6) is 0 Å². The topological polar surface area (TPSA) is 93.4 Å². The Balaban J connectivity index is 1.62. The number of carbonyl (C=O) groups is 1. The third kappa shape index (κ3) is 3.30. The number of hydrogen-bond donors (Lipinski definition) is 2. The van der Waals surface area contributed by atoms with Crippen molar-refractivity contribution in [3.8, 4) is 0 Å². The molecule has 8 heteroatoms. The minimum Gasteiger partial charge on any atom is -0.421 e. The number of carbonyl (C=O) groups excluding carboxylic acids is 1. The van der Waals surface area contributed by atoms with Gasteiger partial charge in [-0.3, -0.25) is 10.2 Å². The number of hydrazone groups is 1. The second-order valence-electron chi connectivity index (χ2n) is 7.16. The van der Waals surface area contributed by atoms with Gasteiger partial charge < -0.3 is 14.5 Å². The molecule has 0 radical (unpaired) electrons. The maximum absolute atomic E-state index is 12.1. The normalized spacial score (nSPS) is 22.0. The maximum Gasteiger partial charge on any atom is 0.253 e. The Kier molecular flexibility index (Phi) is 4.18. The van der Waals surface area contributed by atoms with E-state index in [4.69, 9.17) is 10.1 Å². The molecular weight excluding hydrogens is 344 g/mol. The summed E-state index contributed by atoms with van der Waals surface area (Å²) in [4.78, 5) is 20.1. The van der Waals surface area contributed by atoms with Gasteiger partial charge in [-0.05, 0) is 30.5 Å². The molecule has 0 saturated heterocycles. The summed E-state index contributed by atoms with van der Waals surface area (Å²) >= 11 is 0. The third-order valence-electron chi connectivity index (χ3n) is 4.73. The van der Waals surface area contributed by atoms with E-state index >= 15 is 0 Å². The zero-order valence-corrected chi connectivity index (χ0v) is 15.6. The number of likely N-dealkylation sites (N-methyl/N-ethyl adjacent to an activating group) is 1. The van der Waals surface area contributed by atoms with Gasteiger partial charge in [0.05, 0.1) is 12.3 Å². The van der Waals surface area contributed by atoms with Gasteiger partial charge in [0.1, 0.15) is 0 Å². The second-order valence-corrected chi connectivity index (χ2v) is 7.16. The first-order chi connectivity index (χ1) is 12.9. The van der Waals surface area contributed by atoms with E-state index in [1.807, 2.05) is 24.1 Å². The average molecular weight is 366 g/mol. The van der Waals surface area contributed by atoms with Crippen LogP contribution in [-0.2, 0) is 4.74 Å². The van der Waals surface area contributed by atoms with Crippen molar-refractivity contribution in [2.75, 3.05) is 27.7 Å². The number of benzene rings is 1. The summed E-state index contributed by atoms with van der Waals surface area (Å²) in [6, 6.07) is 7.36. The predicted molar refractivity (Wildman–Crippen MR) is 103 cm³/mol. The molecule has 3 aliphatic rings. The highest BCUT2D eigenvalue weighted by Gasteiger charge is 2.35. The van der Waals surface area contributed by atoms with Crippen molar-refractivity contribution in [3.63, 3.8) is 0 Å². The zero-order chi connectivity index (χ0) is 19.1. The Morgan fingerprint density at radius 3 is 2.63 bits per heavy atom. The van der Waals surface area contributed by atoms with Crippen LogP contribution in [0.1, 0.15) is 28.8 Å². The smallest absolute Gasteiger partial charge is 0.253 e. The molecule has 2 aliphatic heterocycles. The predicted octanol–water partition coefficient (Wildman–Crippen LogP) is 1.61. The molecule has 4 rings (SSSR count). The van der Waals surface area contributed by atoms with Gasteiger partial charge in [0.25, 0.3) is 5.91 Å². The quantitative estimate of drug-likeness (QED) is 0.850. The van der Waals surface area contributed by atoms with Crippen LogP contribution >= 0.6 is 0 Å². The lowest BCUT2D eigenvalue weighted by Crippen LogP contribution is -2.38. The molecule has 27 heavy (non-hydrogen) atoms. The van der Waals surface area contributed by atoms with Crippen LogP contribution in [0.2, 0.25) is 0 Å². The van der Waals surface area contributed by atoms with Crippen molar-refractivity contribution in [1.29, 1.82) is 5.41 Å². The lowest BCUT2D eigenvalue weighted by Gasteiger charge is -2.27. The monoisotopic (exact) mass is 366 g/mol. The number of nitrogens with one attached hydrogen (secondary N) is 2.